The van der Waals surface area contributed by atoms with Crippen LogP contribution in [0.1, 0.15) is 35.7 Å². The Morgan fingerprint density at radius 1 is 1.29 bits per heavy atom. The van der Waals surface area contributed by atoms with Crippen molar-refractivity contribution in [3.05, 3.63) is 53.9 Å². The van der Waals surface area contributed by atoms with Crippen molar-refractivity contribution < 1.29 is 4.79 Å². The molecule has 0 atom stereocenters. The number of carbonyl (C=O) groups is 1. The van der Waals surface area contributed by atoms with Crippen molar-refractivity contribution in [3.63, 3.8) is 0 Å². The normalized spacial score (nSPS) is 16.1. The van der Waals surface area contributed by atoms with E-state index in [-0.39, 0.29) is 5.91 Å². The first kappa shape index (κ1) is 13.9. The minimum Gasteiger partial charge on any atom is -0.339 e. The summed E-state index contributed by atoms with van der Waals surface area (Å²) in [5.74, 6) is 0.893. The molecule has 0 saturated carbocycles. The molecule has 1 saturated heterocycles. The Bertz CT molecular complexity index is 598. The number of amides is 1. The minimum atomic E-state index is 0.157. The summed E-state index contributed by atoms with van der Waals surface area (Å²) in [6, 6.07) is 9.80. The fourth-order valence-corrected chi connectivity index (χ4v) is 2.78. The molecule has 0 aliphatic carbocycles. The molecule has 1 aromatic heterocycles. The zero-order chi connectivity index (χ0) is 14.7. The van der Waals surface area contributed by atoms with Crippen molar-refractivity contribution in [2.75, 3.05) is 13.1 Å². The van der Waals surface area contributed by atoms with Gasteiger partial charge in [0.25, 0.3) is 5.91 Å². The van der Waals surface area contributed by atoms with Gasteiger partial charge in [-0.3, -0.25) is 9.48 Å². The van der Waals surface area contributed by atoms with Crippen LogP contribution < -0.4 is 0 Å². The van der Waals surface area contributed by atoms with Gasteiger partial charge in [-0.05, 0) is 42.5 Å². The summed E-state index contributed by atoms with van der Waals surface area (Å²) in [5.41, 5.74) is 1.89. The van der Waals surface area contributed by atoms with Gasteiger partial charge >= 0.3 is 0 Å². The molecule has 2 heterocycles. The van der Waals surface area contributed by atoms with E-state index in [1.807, 2.05) is 46.1 Å². The maximum atomic E-state index is 12.6. The number of hydrogen-bond donors (Lipinski definition) is 0. The summed E-state index contributed by atoms with van der Waals surface area (Å²) < 4.78 is 1.87. The first-order chi connectivity index (χ1) is 10.2. The van der Waals surface area contributed by atoms with Crippen LogP contribution in [-0.4, -0.2) is 33.7 Å². The lowest BCUT2D eigenvalue weighted by atomic mass is 9.98. The number of likely N-dealkylation sites (tertiary alicyclic amines) is 1. The number of aromatic nitrogens is 2. The fourth-order valence-electron chi connectivity index (χ4n) is 2.78. The zero-order valence-electron chi connectivity index (χ0n) is 12.4. The van der Waals surface area contributed by atoms with Crippen LogP contribution in [0.2, 0.25) is 0 Å². The topological polar surface area (TPSA) is 38.1 Å². The third kappa shape index (κ3) is 3.32. The number of hydrogen-bond acceptors (Lipinski definition) is 2. The Hall–Kier alpha value is -2.10. The molecule has 21 heavy (non-hydrogen) atoms. The lowest BCUT2D eigenvalue weighted by Gasteiger charge is -2.30. The third-order valence-corrected chi connectivity index (χ3v) is 4.15. The zero-order valence-corrected chi connectivity index (χ0v) is 12.4. The summed E-state index contributed by atoms with van der Waals surface area (Å²) in [5, 5.41) is 4.21. The van der Waals surface area contributed by atoms with Crippen molar-refractivity contribution in [2.24, 2.45) is 5.92 Å². The second-order valence-corrected chi connectivity index (χ2v) is 5.88. The third-order valence-electron chi connectivity index (χ3n) is 4.15. The molecule has 4 heteroatoms. The van der Waals surface area contributed by atoms with Crippen molar-refractivity contribution in [2.45, 2.75) is 26.3 Å². The maximum Gasteiger partial charge on any atom is 0.253 e. The molecule has 1 aliphatic heterocycles. The predicted molar refractivity (Wildman–Crippen MR) is 82.1 cm³/mol. The fraction of sp³-hybridized carbons (Fsp3) is 0.412. The van der Waals surface area contributed by atoms with E-state index in [4.69, 9.17) is 0 Å². The van der Waals surface area contributed by atoms with E-state index in [0.29, 0.717) is 6.54 Å². The molecule has 0 unspecified atom stereocenters. The van der Waals surface area contributed by atoms with E-state index >= 15 is 0 Å². The van der Waals surface area contributed by atoms with Gasteiger partial charge in [0.15, 0.2) is 0 Å². The Labute approximate surface area is 125 Å². The number of rotatable bonds is 3. The smallest absolute Gasteiger partial charge is 0.253 e. The average molecular weight is 283 g/mol. The van der Waals surface area contributed by atoms with Crippen molar-refractivity contribution in [1.82, 2.24) is 14.7 Å². The Kier molecular flexibility index (Phi) is 4.04. The van der Waals surface area contributed by atoms with Crippen molar-refractivity contribution >= 4 is 5.91 Å². The van der Waals surface area contributed by atoms with Crippen LogP contribution in [0.15, 0.2) is 42.7 Å². The largest absolute Gasteiger partial charge is 0.339 e. The number of carbonyl (C=O) groups excluding carboxylic acids is 1. The highest BCUT2D eigenvalue weighted by Gasteiger charge is 2.21. The van der Waals surface area contributed by atoms with Gasteiger partial charge in [-0.2, -0.15) is 5.10 Å². The standard InChI is InChI=1S/C17H21N3O/c1-14-6-10-19(11-7-14)17(21)16-5-2-4-15(12-16)13-20-9-3-8-18-20/h2-5,8-9,12,14H,6-7,10-11,13H2,1H3. The Balaban J connectivity index is 1.71. The second kappa shape index (κ2) is 6.12. The predicted octanol–water partition coefficient (Wildman–Crippen LogP) is 2.80. The average Bonchev–Trinajstić information content (AvgIpc) is 3.00. The SMILES string of the molecule is CC1CCN(C(=O)c2cccc(Cn3cccn3)c2)CC1. The molecule has 1 amide bonds. The van der Waals surface area contributed by atoms with E-state index in [9.17, 15) is 4.79 Å². The summed E-state index contributed by atoms with van der Waals surface area (Å²) in [6.07, 6.45) is 5.92. The monoisotopic (exact) mass is 283 g/mol. The van der Waals surface area contributed by atoms with Crippen LogP contribution >= 0.6 is 0 Å². The molecule has 0 radical (unpaired) electrons. The van der Waals surface area contributed by atoms with Crippen LogP contribution in [0.4, 0.5) is 0 Å². The van der Waals surface area contributed by atoms with E-state index in [1.165, 1.54) is 0 Å². The summed E-state index contributed by atoms with van der Waals surface area (Å²) >= 11 is 0. The molecular formula is C17H21N3O. The molecule has 110 valence electrons. The van der Waals surface area contributed by atoms with Crippen LogP contribution in [0.25, 0.3) is 0 Å². The van der Waals surface area contributed by atoms with Crippen LogP contribution in [0.3, 0.4) is 0 Å². The highest BCUT2D eigenvalue weighted by atomic mass is 16.2. The van der Waals surface area contributed by atoms with E-state index < -0.39 is 0 Å². The quantitative estimate of drug-likeness (QED) is 0.868. The molecule has 3 rings (SSSR count). The van der Waals surface area contributed by atoms with Gasteiger partial charge in [0.1, 0.15) is 0 Å². The molecule has 4 nitrogen and oxygen atoms in total. The Morgan fingerprint density at radius 2 is 2.10 bits per heavy atom. The lowest BCUT2D eigenvalue weighted by molar-refractivity contribution is 0.0697. The van der Waals surface area contributed by atoms with Gasteiger partial charge in [0, 0.05) is 31.0 Å². The molecular weight excluding hydrogens is 262 g/mol. The number of nitrogens with zero attached hydrogens (tertiary/aromatic N) is 3. The highest BCUT2D eigenvalue weighted by Crippen LogP contribution is 2.18. The van der Waals surface area contributed by atoms with E-state index in [0.717, 1.165) is 43.0 Å². The molecule has 0 N–H and O–H groups in total. The molecule has 2 aromatic rings. The van der Waals surface area contributed by atoms with Gasteiger partial charge < -0.3 is 4.90 Å². The second-order valence-electron chi connectivity index (χ2n) is 5.88. The van der Waals surface area contributed by atoms with Crippen LogP contribution in [-0.2, 0) is 6.54 Å². The van der Waals surface area contributed by atoms with E-state index in [1.54, 1.807) is 6.20 Å². The summed E-state index contributed by atoms with van der Waals surface area (Å²) in [4.78, 5) is 14.5. The lowest BCUT2D eigenvalue weighted by Crippen LogP contribution is -2.37. The van der Waals surface area contributed by atoms with Gasteiger partial charge in [0.2, 0.25) is 0 Å². The number of piperidine rings is 1. The van der Waals surface area contributed by atoms with Crippen molar-refractivity contribution in [3.8, 4) is 0 Å². The molecule has 1 aromatic carbocycles. The molecule has 1 aliphatic rings. The summed E-state index contributed by atoms with van der Waals surface area (Å²) in [6.45, 7) is 4.71. The minimum absolute atomic E-state index is 0.157. The molecule has 0 spiro atoms. The van der Waals surface area contributed by atoms with Crippen molar-refractivity contribution in [1.29, 1.82) is 0 Å². The molecule has 1 fully saturated rings. The highest BCUT2D eigenvalue weighted by molar-refractivity contribution is 5.94. The molecule has 0 bridgehead atoms. The van der Waals surface area contributed by atoms with Gasteiger partial charge in [0.05, 0.1) is 6.54 Å². The van der Waals surface area contributed by atoms with Gasteiger partial charge in [-0.15, -0.1) is 0 Å². The van der Waals surface area contributed by atoms with Gasteiger partial charge in [-0.1, -0.05) is 19.1 Å². The Morgan fingerprint density at radius 3 is 2.81 bits per heavy atom. The first-order valence-corrected chi connectivity index (χ1v) is 7.58. The van der Waals surface area contributed by atoms with E-state index in [2.05, 4.69) is 12.0 Å². The van der Waals surface area contributed by atoms with Crippen LogP contribution in [0.5, 0.6) is 0 Å². The van der Waals surface area contributed by atoms with Crippen LogP contribution in [0, 0.1) is 5.92 Å². The number of benzene rings is 1. The van der Waals surface area contributed by atoms with Gasteiger partial charge in [-0.25, -0.2) is 0 Å². The first-order valence-electron chi connectivity index (χ1n) is 7.58. The maximum absolute atomic E-state index is 12.6. The summed E-state index contributed by atoms with van der Waals surface area (Å²) in [7, 11) is 0.